The van der Waals surface area contributed by atoms with Gasteiger partial charge in [0.1, 0.15) is 5.76 Å². The van der Waals surface area contributed by atoms with Gasteiger partial charge in [-0.3, -0.25) is 0 Å². The Morgan fingerprint density at radius 1 is 1.22 bits per heavy atom. The Kier molecular flexibility index (Phi) is 5.44. The van der Waals surface area contributed by atoms with Crippen molar-refractivity contribution in [2.45, 2.75) is 31.3 Å². The molecule has 124 valence electrons. The molecule has 0 aliphatic carbocycles. The monoisotopic (exact) mass is 336 g/mol. The lowest BCUT2D eigenvalue weighted by Crippen LogP contribution is -2.43. The van der Waals surface area contributed by atoms with Crippen LogP contribution in [0, 0.1) is 6.92 Å². The SMILES string of the molecule is Cc1ccc(S(=O)(=O)C[C@@H](C)NC(=O)NCc2ccco2)cc1. The molecular weight excluding hydrogens is 316 g/mol. The maximum Gasteiger partial charge on any atom is 0.315 e. The molecule has 6 nitrogen and oxygen atoms in total. The van der Waals surface area contributed by atoms with Crippen LogP contribution in [0.2, 0.25) is 0 Å². The molecule has 0 aliphatic heterocycles. The molecule has 2 amide bonds. The minimum absolute atomic E-state index is 0.162. The first kappa shape index (κ1) is 17.1. The van der Waals surface area contributed by atoms with E-state index in [9.17, 15) is 13.2 Å². The predicted molar refractivity (Wildman–Crippen MR) is 86.8 cm³/mol. The Bertz CT molecular complexity index is 737. The van der Waals surface area contributed by atoms with Crippen LogP contribution in [0.5, 0.6) is 0 Å². The number of nitrogens with one attached hydrogen (secondary N) is 2. The summed E-state index contributed by atoms with van der Waals surface area (Å²) in [6.45, 7) is 3.79. The van der Waals surface area contributed by atoms with E-state index in [0.29, 0.717) is 5.76 Å². The summed E-state index contributed by atoms with van der Waals surface area (Å²) < 4.78 is 29.7. The molecule has 1 aromatic heterocycles. The van der Waals surface area contributed by atoms with Crippen molar-refractivity contribution in [3.05, 3.63) is 54.0 Å². The normalized spacial score (nSPS) is 12.6. The van der Waals surface area contributed by atoms with Gasteiger partial charge >= 0.3 is 6.03 Å². The summed E-state index contributed by atoms with van der Waals surface area (Å²) in [6.07, 6.45) is 1.52. The van der Waals surface area contributed by atoms with E-state index < -0.39 is 21.9 Å². The van der Waals surface area contributed by atoms with Gasteiger partial charge in [-0.15, -0.1) is 0 Å². The second-order valence-electron chi connectivity index (χ2n) is 5.40. The van der Waals surface area contributed by atoms with Gasteiger partial charge in [0.05, 0.1) is 23.5 Å². The van der Waals surface area contributed by atoms with Crippen LogP contribution in [0.4, 0.5) is 4.79 Å². The molecule has 0 saturated heterocycles. The van der Waals surface area contributed by atoms with Crippen LogP contribution in [0.1, 0.15) is 18.2 Å². The number of benzene rings is 1. The minimum atomic E-state index is -3.44. The Morgan fingerprint density at radius 2 is 1.91 bits per heavy atom. The van der Waals surface area contributed by atoms with Gasteiger partial charge in [0.2, 0.25) is 0 Å². The van der Waals surface area contributed by atoms with E-state index in [2.05, 4.69) is 10.6 Å². The molecule has 2 N–H and O–H groups in total. The van der Waals surface area contributed by atoms with Crippen LogP contribution in [-0.2, 0) is 16.4 Å². The molecule has 0 bridgehead atoms. The lowest BCUT2D eigenvalue weighted by molar-refractivity contribution is 0.237. The summed E-state index contributed by atoms with van der Waals surface area (Å²) in [5.74, 6) is 0.463. The van der Waals surface area contributed by atoms with Gasteiger partial charge in [-0.05, 0) is 38.1 Å². The molecule has 1 atom stereocenters. The lowest BCUT2D eigenvalue weighted by atomic mass is 10.2. The fourth-order valence-electron chi connectivity index (χ4n) is 2.07. The molecule has 7 heteroatoms. The van der Waals surface area contributed by atoms with Crippen molar-refractivity contribution in [2.24, 2.45) is 0 Å². The highest BCUT2D eigenvalue weighted by Gasteiger charge is 2.19. The third-order valence-electron chi connectivity index (χ3n) is 3.23. The lowest BCUT2D eigenvalue weighted by Gasteiger charge is -2.15. The first-order chi connectivity index (χ1) is 10.9. The third-order valence-corrected chi connectivity index (χ3v) is 5.16. The van der Waals surface area contributed by atoms with Crippen LogP contribution in [0.25, 0.3) is 0 Å². The van der Waals surface area contributed by atoms with E-state index in [1.165, 1.54) is 6.26 Å². The van der Waals surface area contributed by atoms with Crippen LogP contribution in [0.15, 0.2) is 52.0 Å². The molecule has 0 unspecified atom stereocenters. The van der Waals surface area contributed by atoms with Crippen LogP contribution >= 0.6 is 0 Å². The number of urea groups is 1. The van der Waals surface area contributed by atoms with Gasteiger partial charge in [0.15, 0.2) is 9.84 Å². The molecule has 0 fully saturated rings. The zero-order valence-corrected chi connectivity index (χ0v) is 13.9. The predicted octanol–water partition coefficient (Wildman–Crippen LogP) is 2.25. The number of amides is 2. The summed E-state index contributed by atoms with van der Waals surface area (Å²) in [5.41, 5.74) is 0.993. The van der Waals surface area contributed by atoms with E-state index in [1.807, 2.05) is 6.92 Å². The number of furan rings is 1. The third kappa shape index (κ3) is 5.14. The first-order valence-corrected chi connectivity index (χ1v) is 8.88. The van der Waals surface area contributed by atoms with E-state index in [4.69, 9.17) is 4.42 Å². The molecule has 0 saturated carbocycles. The maximum absolute atomic E-state index is 12.3. The molecule has 0 spiro atoms. The Labute approximate surface area is 135 Å². The van der Waals surface area contributed by atoms with Crippen molar-refractivity contribution in [1.82, 2.24) is 10.6 Å². The van der Waals surface area contributed by atoms with E-state index in [1.54, 1.807) is 43.3 Å². The molecular formula is C16H20N2O4S. The highest BCUT2D eigenvalue weighted by Crippen LogP contribution is 2.13. The van der Waals surface area contributed by atoms with Crippen molar-refractivity contribution < 1.29 is 17.6 Å². The number of aryl methyl sites for hydroxylation is 1. The summed E-state index contributed by atoms with van der Waals surface area (Å²) in [7, 11) is -3.44. The summed E-state index contributed by atoms with van der Waals surface area (Å²) in [4.78, 5) is 12.0. The number of hydrogen-bond donors (Lipinski definition) is 2. The number of carbonyl (C=O) groups is 1. The summed E-state index contributed by atoms with van der Waals surface area (Å²) in [6, 6.07) is 9.17. The zero-order chi connectivity index (χ0) is 16.9. The average Bonchev–Trinajstić information content (AvgIpc) is 2.98. The number of sulfone groups is 1. The summed E-state index contributed by atoms with van der Waals surface area (Å²) >= 11 is 0. The number of rotatable bonds is 6. The Morgan fingerprint density at radius 3 is 2.52 bits per heavy atom. The molecule has 1 aromatic carbocycles. The fourth-order valence-corrected chi connectivity index (χ4v) is 3.55. The standard InChI is InChI=1S/C16H20N2O4S/c1-12-5-7-15(8-6-12)23(20,21)11-13(2)18-16(19)17-10-14-4-3-9-22-14/h3-9,13H,10-11H2,1-2H3,(H2,17,18,19)/t13-/m1/s1. The van der Waals surface area contributed by atoms with Crippen molar-refractivity contribution in [3.63, 3.8) is 0 Å². The van der Waals surface area contributed by atoms with Crippen molar-refractivity contribution >= 4 is 15.9 Å². The molecule has 0 radical (unpaired) electrons. The smallest absolute Gasteiger partial charge is 0.315 e. The van der Waals surface area contributed by atoms with Gasteiger partial charge < -0.3 is 15.1 Å². The number of hydrogen-bond acceptors (Lipinski definition) is 4. The molecule has 0 aliphatic rings. The molecule has 23 heavy (non-hydrogen) atoms. The van der Waals surface area contributed by atoms with Gasteiger partial charge in [-0.1, -0.05) is 17.7 Å². The highest BCUT2D eigenvalue weighted by atomic mass is 32.2. The minimum Gasteiger partial charge on any atom is -0.467 e. The van der Waals surface area contributed by atoms with Gasteiger partial charge in [-0.25, -0.2) is 13.2 Å². The molecule has 2 aromatic rings. The molecule has 1 heterocycles. The fraction of sp³-hybridized carbons (Fsp3) is 0.312. The highest BCUT2D eigenvalue weighted by molar-refractivity contribution is 7.91. The second kappa shape index (κ2) is 7.32. The van der Waals surface area contributed by atoms with Crippen molar-refractivity contribution in [2.75, 3.05) is 5.75 Å². The maximum atomic E-state index is 12.3. The largest absolute Gasteiger partial charge is 0.467 e. The van der Waals surface area contributed by atoms with Crippen LogP contribution in [-0.4, -0.2) is 26.2 Å². The Hall–Kier alpha value is -2.28. The Balaban J connectivity index is 1.86. The van der Waals surface area contributed by atoms with E-state index in [0.717, 1.165) is 5.56 Å². The zero-order valence-electron chi connectivity index (χ0n) is 13.1. The van der Waals surface area contributed by atoms with Crippen LogP contribution in [0.3, 0.4) is 0 Å². The van der Waals surface area contributed by atoms with Crippen LogP contribution < -0.4 is 10.6 Å². The average molecular weight is 336 g/mol. The van der Waals surface area contributed by atoms with Crippen molar-refractivity contribution in [1.29, 1.82) is 0 Å². The second-order valence-corrected chi connectivity index (χ2v) is 7.44. The quantitative estimate of drug-likeness (QED) is 0.847. The summed E-state index contributed by atoms with van der Waals surface area (Å²) in [5, 5.41) is 5.22. The number of carbonyl (C=O) groups excluding carboxylic acids is 1. The van der Waals surface area contributed by atoms with Gasteiger partial charge in [0.25, 0.3) is 0 Å². The van der Waals surface area contributed by atoms with Gasteiger partial charge in [-0.2, -0.15) is 0 Å². The first-order valence-electron chi connectivity index (χ1n) is 7.23. The van der Waals surface area contributed by atoms with E-state index >= 15 is 0 Å². The van der Waals surface area contributed by atoms with Crippen molar-refractivity contribution in [3.8, 4) is 0 Å². The van der Waals surface area contributed by atoms with Gasteiger partial charge in [0, 0.05) is 6.04 Å². The molecule has 2 rings (SSSR count). The van der Waals surface area contributed by atoms with E-state index in [-0.39, 0.29) is 17.2 Å². The topological polar surface area (TPSA) is 88.4 Å².